The lowest BCUT2D eigenvalue weighted by Gasteiger charge is -2.26. The second-order valence-electron chi connectivity index (χ2n) is 7.87. The molecule has 2 aromatic carbocycles. The fraction of sp³-hybridized carbons (Fsp3) is 0.160. The molecule has 0 spiro atoms. The summed E-state index contributed by atoms with van der Waals surface area (Å²) in [5.74, 6) is -0.778. The van der Waals surface area contributed by atoms with Crippen LogP contribution in [0.25, 0.3) is 17.4 Å². The van der Waals surface area contributed by atoms with E-state index in [1.807, 2.05) is 12.1 Å². The number of urea groups is 1. The molecule has 0 unspecified atom stereocenters. The van der Waals surface area contributed by atoms with E-state index in [9.17, 15) is 24.5 Å². The van der Waals surface area contributed by atoms with Crippen molar-refractivity contribution in [2.45, 2.75) is 26.2 Å². The van der Waals surface area contributed by atoms with Crippen LogP contribution in [0.2, 0.25) is 0 Å². The van der Waals surface area contributed by atoms with Crippen LogP contribution in [0.1, 0.15) is 37.5 Å². The van der Waals surface area contributed by atoms with Crippen molar-refractivity contribution in [1.29, 1.82) is 0 Å². The molecule has 4 amide bonds. The van der Waals surface area contributed by atoms with Crippen molar-refractivity contribution in [2.24, 2.45) is 0 Å². The molecular formula is C25H21N3O6. The van der Waals surface area contributed by atoms with Crippen molar-refractivity contribution in [1.82, 2.24) is 5.32 Å². The number of benzene rings is 2. The maximum absolute atomic E-state index is 13.1. The number of nitrogens with zero attached hydrogens (tertiary/aromatic N) is 2. The topological polar surface area (TPSA) is 123 Å². The number of nitro groups is 1. The summed E-state index contributed by atoms with van der Waals surface area (Å²) in [6.45, 7) is 4.15. The molecule has 1 N–H and O–H groups in total. The Labute approximate surface area is 194 Å². The van der Waals surface area contributed by atoms with Gasteiger partial charge >= 0.3 is 6.03 Å². The molecule has 1 fully saturated rings. The van der Waals surface area contributed by atoms with Gasteiger partial charge in [0.05, 0.1) is 10.6 Å². The molecule has 1 saturated heterocycles. The number of carbonyl (C=O) groups is 3. The average Bonchev–Trinajstić information content (AvgIpc) is 3.30. The largest absolute Gasteiger partial charge is 0.457 e. The van der Waals surface area contributed by atoms with Crippen molar-refractivity contribution in [2.75, 3.05) is 4.90 Å². The first-order chi connectivity index (χ1) is 16.3. The van der Waals surface area contributed by atoms with Gasteiger partial charge < -0.3 is 4.42 Å². The maximum Gasteiger partial charge on any atom is 0.335 e. The molecule has 0 saturated carbocycles. The first-order valence-corrected chi connectivity index (χ1v) is 10.6. The number of barbiturate groups is 1. The molecule has 0 aliphatic carbocycles. The molecule has 1 aliphatic rings. The zero-order valence-corrected chi connectivity index (χ0v) is 18.5. The van der Waals surface area contributed by atoms with Crippen LogP contribution in [0.5, 0.6) is 0 Å². The van der Waals surface area contributed by atoms with Gasteiger partial charge in [0, 0.05) is 17.7 Å². The van der Waals surface area contributed by atoms with E-state index in [0.29, 0.717) is 22.9 Å². The quantitative estimate of drug-likeness (QED) is 0.239. The molecule has 9 nitrogen and oxygen atoms in total. The lowest BCUT2D eigenvalue weighted by atomic mass is 9.98. The fourth-order valence-corrected chi connectivity index (χ4v) is 3.58. The molecule has 172 valence electrons. The van der Waals surface area contributed by atoms with E-state index in [1.165, 1.54) is 30.3 Å². The highest BCUT2D eigenvalue weighted by Crippen LogP contribution is 2.28. The van der Waals surface area contributed by atoms with E-state index in [4.69, 9.17) is 4.42 Å². The Morgan fingerprint density at radius 2 is 1.82 bits per heavy atom. The van der Waals surface area contributed by atoms with Gasteiger partial charge in [0.25, 0.3) is 17.5 Å². The molecule has 34 heavy (non-hydrogen) atoms. The van der Waals surface area contributed by atoms with Crippen molar-refractivity contribution in [3.8, 4) is 11.3 Å². The predicted molar refractivity (Wildman–Crippen MR) is 125 cm³/mol. The van der Waals surface area contributed by atoms with Crippen molar-refractivity contribution < 1.29 is 23.7 Å². The number of nitrogens with one attached hydrogen (secondary N) is 1. The van der Waals surface area contributed by atoms with Crippen molar-refractivity contribution in [3.63, 3.8) is 0 Å². The minimum Gasteiger partial charge on any atom is -0.457 e. The lowest BCUT2D eigenvalue weighted by molar-refractivity contribution is -0.384. The third kappa shape index (κ3) is 4.36. The molecule has 4 rings (SSSR count). The minimum atomic E-state index is -0.837. The highest BCUT2D eigenvalue weighted by molar-refractivity contribution is 6.39. The minimum absolute atomic E-state index is 0.0934. The summed E-state index contributed by atoms with van der Waals surface area (Å²) in [4.78, 5) is 49.3. The number of hydrogen-bond donors (Lipinski definition) is 1. The second-order valence-corrected chi connectivity index (χ2v) is 7.87. The van der Waals surface area contributed by atoms with Gasteiger partial charge in [-0.15, -0.1) is 0 Å². The zero-order chi connectivity index (χ0) is 24.4. The molecule has 1 atom stereocenters. The molecule has 1 aromatic heterocycles. The third-order valence-corrected chi connectivity index (χ3v) is 5.69. The molecule has 9 heteroatoms. The number of nitro benzene ring substituents is 1. The average molecular weight is 459 g/mol. The highest BCUT2D eigenvalue weighted by atomic mass is 16.6. The Kier molecular flexibility index (Phi) is 6.09. The number of carbonyl (C=O) groups excluding carboxylic acids is 3. The molecule has 0 radical (unpaired) electrons. The van der Waals surface area contributed by atoms with Gasteiger partial charge in [0.15, 0.2) is 0 Å². The maximum atomic E-state index is 13.1. The van der Waals surface area contributed by atoms with Crippen LogP contribution < -0.4 is 10.2 Å². The van der Waals surface area contributed by atoms with Crippen LogP contribution in [0.4, 0.5) is 16.2 Å². The van der Waals surface area contributed by atoms with Crippen LogP contribution in [0.3, 0.4) is 0 Å². The molecule has 0 bridgehead atoms. The number of non-ortho nitro benzene ring substituents is 1. The summed E-state index contributed by atoms with van der Waals surface area (Å²) < 4.78 is 5.69. The standard InChI is InChI=1S/C25H21N3O6/c1-3-15(2)16-7-9-18(10-8-16)27-24(30)21(23(29)26-25(27)31)14-20-11-12-22(34-20)17-5-4-6-19(13-17)28(32)33/h4-15H,3H2,1-2H3,(H,26,29,31)/b21-14+/t15-/m0/s1. The fourth-order valence-electron chi connectivity index (χ4n) is 3.58. The Morgan fingerprint density at radius 3 is 2.50 bits per heavy atom. The van der Waals surface area contributed by atoms with E-state index in [1.54, 1.807) is 24.3 Å². The first-order valence-electron chi connectivity index (χ1n) is 10.6. The lowest BCUT2D eigenvalue weighted by Crippen LogP contribution is -2.54. The van der Waals surface area contributed by atoms with Gasteiger partial charge in [-0.25, -0.2) is 9.69 Å². The number of amides is 4. The van der Waals surface area contributed by atoms with Crippen LogP contribution in [-0.2, 0) is 9.59 Å². The highest BCUT2D eigenvalue weighted by Gasteiger charge is 2.37. The summed E-state index contributed by atoms with van der Waals surface area (Å²) in [5.41, 5.74) is 1.52. The molecule has 1 aliphatic heterocycles. The molecular weight excluding hydrogens is 438 g/mol. The zero-order valence-electron chi connectivity index (χ0n) is 18.5. The van der Waals surface area contributed by atoms with E-state index in [-0.39, 0.29) is 17.0 Å². The molecule has 2 heterocycles. The number of imide groups is 2. The van der Waals surface area contributed by atoms with Crippen LogP contribution in [0.15, 0.2) is 70.7 Å². The summed E-state index contributed by atoms with van der Waals surface area (Å²) in [5, 5.41) is 13.2. The number of anilines is 1. The summed E-state index contributed by atoms with van der Waals surface area (Å²) in [6.07, 6.45) is 2.19. The van der Waals surface area contributed by atoms with Gasteiger partial charge in [0.1, 0.15) is 17.1 Å². The van der Waals surface area contributed by atoms with Crippen molar-refractivity contribution >= 4 is 35.3 Å². The van der Waals surface area contributed by atoms with E-state index >= 15 is 0 Å². The first kappa shape index (κ1) is 22.7. The summed E-state index contributed by atoms with van der Waals surface area (Å²) >= 11 is 0. The summed E-state index contributed by atoms with van der Waals surface area (Å²) in [6, 6.07) is 15.2. The van der Waals surface area contributed by atoms with Gasteiger partial charge in [-0.2, -0.15) is 0 Å². The van der Waals surface area contributed by atoms with Crippen LogP contribution >= 0.6 is 0 Å². The number of rotatable bonds is 6. The Balaban J connectivity index is 1.63. The Hall–Kier alpha value is -4.53. The molecule has 3 aromatic rings. The Morgan fingerprint density at radius 1 is 1.09 bits per heavy atom. The second kappa shape index (κ2) is 9.14. The number of hydrogen-bond acceptors (Lipinski definition) is 6. The van der Waals surface area contributed by atoms with Gasteiger partial charge in [0.2, 0.25) is 0 Å². The predicted octanol–water partition coefficient (Wildman–Crippen LogP) is 5.03. The smallest absolute Gasteiger partial charge is 0.335 e. The van der Waals surface area contributed by atoms with Gasteiger partial charge in [-0.05, 0) is 48.2 Å². The van der Waals surface area contributed by atoms with E-state index < -0.39 is 22.8 Å². The SMILES string of the molecule is CC[C@H](C)c1ccc(N2C(=O)NC(=O)/C(=C\c3ccc(-c4cccc([N+](=O)[O-])c4)o3)C2=O)cc1. The van der Waals surface area contributed by atoms with Crippen LogP contribution in [0, 0.1) is 10.1 Å². The van der Waals surface area contributed by atoms with Crippen LogP contribution in [-0.4, -0.2) is 22.8 Å². The van der Waals surface area contributed by atoms with Gasteiger partial charge in [-0.1, -0.05) is 38.1 Å². The van der Waals surface area contributed by atoms with E-state index in [2.05, 4.69) is 19.2 Å². The summed E-state index contributed by atoms with van der Waals surface area (Å²) in [7, 11) is 0. The Bertz CT molecular complexity index is 1320. The third-order valence-electron chi connectivity index (χ3n) is 5.69. The van der Waals surface area contributed by atoms with Gasteiger partial charge in [-0.3, -0.25) is 25.0 Å². The monoisotopic (exact) mass is 459 g/mol. The van der Waals surface area contributed by atoms with E-state index in [0.717, 1.165) is 16.9 Å². The van der Waals surface area contributed by atoms with Crippen molar-refractivity contribution in [3.05, 3.63) is 87.7 Å². The number of furan rings is 1. The normalized spacial score (nSPS) is 16.0.